The smallest absolute Gasteiger partial charge is 0.252 e. The first-order valence-corrected chi connectivity index (χ1v) is 10.2. The van der Waals surface area contributed by atoms with E-state index in [0.717, 1.165) is 36.0 Å². The average Bonchev–Trinajstić information content (AvgIpc) is 3.17. The molecular formula is C24H27NO4. The molecule has 0 atom stereocenters. The molecule has 2 aliphatic rings. The van der Waals surface area contributed by atoms with E-state index in [1.807, 2.05) is 32.9 Å². The molecule has 1 amide bonds. The second-order valence-electron chi connectivity index (χ2n) is 8.27. The predicted octanol–water partition coefficient (Wildman–Crippen LogP) is 4.66. The van der Waals surface area contributed by atoms with E-state index >= 15 is 0 Å². The van der Waals surface area contributed by atoms with Gasteiger partial charge in [0.15, 0.2) is 17.3 Å². The Morgan fingerprint density at radius 3 is 2.31 bits per heavy atom. The van der Waals surface area contributed by atoms with Crippen molar-refractivity contribution >= 4 is 11.7 Å². The van der Waals surface area contributed by atoms with Gasteiger partial charge in [-0.3, -0.25) is 9.59 Å². The average molecular weight is 393 g/mol. The Morgan fingerprint density at radius 1 is 0.931 bits per heavy atom. The molecule has 2 aromatic carbocycles. The van der Waals surface area contributed by atoms with Gasteiger partial charge in [0.2, 0.25) is 6.79 Å². The van der Waals surface area contributed by atoms with Crippen molar-refractivity contribution in [1.82, 2.24) is 5.32 Å². The molecule has 0 unspecified atom stereocenters. The third-order valence-electron chi connectivity index (χ3n) is 6.01. The van der Waals surface area contributed by atoms with Crippen LogP contribution in [0.25, 0.3) is 0 Å². The number of carbonyl (C=O) groups excluding carboxylic acids is 2. The number of benzene rings is 2. The van der Waals surface area contributed by atoms with E-state index in [9.17, 15) is 9.59 Å². The summed E-state index contributed by atoms with van der Waals surface area (Å²) in [5.41, 5.74) is 3.18. The quantitative estimate of drug-likeness (QED) is 0.768. The summed E-state index contributed by atoms with van der Waals surface area (Å²) < 4.78 is 10.9. The summed E-state index contributed by atoms with van der Waals surface area (Å²) in [6, 6.07) is 9.39. The minimum atomic E-state index is -0.863. The number of Topliss-reactive ketones (excluding diaryl/α,β-unsaturated/α-hetero) is 1. The minimum absolute atomic E-state index is 0.00995. The zero-order valence-electron chi connectivity index (χ0n) is 17.3. The molecule has 29 heavy (non-hydrogen) atoms. The highest BCUT2D eigenvalue weighted by Crippen LogP contribution is 2.38. The fourth-order valence-electron chi connectivity index (χ4n) is 4.59. The van der Waals surface area contributed by atoms with E-state index < -0.39 is 5.54 Å². The van der Waals surface area contributed by atoms with Crippen LogP contribution in [-0.2, 0) is 0 Å². The Balaban J connectivity index is 1.67. The van der Waals surface area contributed by atoms with E-state index in [2.05, 4.69) is 11.4 Å². The first kappa shape index (κ1) is 19.5. The number of fused-ring (bicyclic) bond motifs is 1. The zero-order chi connectivity index (χ0) is 20.6. The van der Waals surface area contributed by atoms with Gasteiger partial charge in [-0.15, -0.1) is 0 Å². The van der Waals surface area contributed by atoms with Crippen molar-refractivity contribution < 1.29 is 19.1 Å². The van der Waals surface area contributed by atoms with Crippen LogP contribution >= 0.6 is 0 Å². The molecule has 1 heterocycles. The predicted molar refractivity (Wildman–Crippen MR) is 111 cm³/mol. The van der Waals surface area contributed by atoms with Gasteiger partial charge in [0.1, 0.15) is 5.54 Å². The molecular weight excluding hydrogens is 366 g/mol. The monoisotopic (exact) mass is 393 g/mol. The lowest BCUT2D eigenvalue weighted by molar-refractivity contribution is 0.0713. The van der Waals surface area contributed by atoms with Crippen molar-refractivity contribution in [1.29, 1.82) is 0 Å². The lowest BCUT2D eigenvalue weighted by Gasteiger charge is -2.37. The molecule has 0 radical (unpaired) electrons. The van der Waals surface area contributed by atoms with Crippen LogP contribution in [0.1, 0.15) is 69.5 Å². The van der Waals surface area contributed by atoms with Crippen LogP contribution in [0.15, 0.2) is 30.3 Å². The first-order valence-electron chi connectivity index (χ1n) is 10.2. The van der Waals surface area contributed by atoms with E-state index in [4.69, 9.17) is 9.47 Å². The highest BCUT2D eigenvalue weighted by molar-refractivity contribution is 6.08. The molecule has 1 aliphatic heterocycles. The standard InChI is InChI=1S/C24H27NO4/c1-15-11-16(2)13-18(12-15)22(26)24(9-5-4-6-10-24)25-23(27)19-7-8-20-21(17(19)3)29-14-28-20/h7-8,11-13H,4-6,9-10,14H2,1-3H3,(H,25,27). The summed E-state index contributed by atoms with van der Waals surface area (Å²) in [4.78, 5) is 26.9. The van der Waals surface area contributed by atoms with Crippen LogP contribution in [0.2, 0.25) is 0 Å². The van der Waals surface area contributed by atoms with Crippen molar-refractivity contribution in [2.45, 2.75) is 58.4 Å². The van der Waals surface area contributed by atoms with E-state index in [1.165, 1.54) is 0 Å². The van der Waals surface area contributed by atoms with Gasteiger partial charge in [0.05, 0.1) is 0 Å². The lowest BCUT2D eigenvalue weighted by atomic mass is 9.76. The number of carbonyl (C=O) groups is 2. The summed E-state index contributed by atoms with van der Waals surface area (Å²) in [6.45, 7) is 6.00. The topological polar surface area (TPSA) is 64.6 Å². The molecule has 152 valence electrons. The first-order chi connectivity index (χ1) is 13.9. The fraction of sp³-hybridized carbons (Fsp3) is 0.417. The number of aryl methyl sites for hydroxylation is 2. The van der Waals surface area contributed by atoms with Gasteiger partial charge in [-0.05, 0) is 57.9 Å². The number of ketones is 1. The van der Waals surface area contributed by atoms with Crippen LogP contribution in [-0.4, -0.2) is 24.0 Å². The van der Waals surface area contributed by atoms with E-state index in [1.54, 1.807) is 12.1 Å². The highest BCUT2D eigenvalue weighted by Gasteiger charge is 2.41. The molecule has 5 heteroatoms. The number of amides is 1. The molecule has 0 spiro atoms. The fourth-order valence-corrected chi connectivity index (χ4v) is 4.59. The summed E-state index contributed by atoms with van der Waals surface area (Å²) >= 11 is 0. The van der Waals surface area contributed by atoms with Crippen LogP contribution in [0, 0.1) is 20.8 Å². The molecule has 1 N–H and O–H groups in total. The SMILES string of the molecule is Cc1cc(C)cc(C(=O)C2(NC(=O)c3ccc4c(c3C)OCO4)CCCCC2)c1. The number of rotatable bonds is 4. The summed E-state index contributed by atoms with van der Waals surface area (Å²) in [7, 11) is 0. The van der Waals surface area contributed by atoms with Crippen molar-refractivity contribution in [3.63, 3.8) is 0 Å². The number of ether oxygens (including phenoxy) is 2. The Labute approximate surface area is 171 Å². The van der Waals surface area contributed by atoms with Gasteiger partial charge in [-0.25, -0.2) is 0 Å². The number of nitrogens with one attached hydrogen (secondary N) is 1. The normalized spacial score (nSPS) is 17.1. The van der Waals surface area contributed by atoms with Crippen molar-refractivity contribution in [3.05, 3.63) is 58.1 Å². The second kappa shape index (κ2) is 7.54. The van der Waals surface area contributed by atoms with Gasteiger partial charge >= 0.3 is 0 Å². The molecule has 2 aromatic rings. The molecule has 0 saturated heterocycles. The van der Waals surface area contributed by atoms with E-state index in [-0.39, 0.29) is 18.5 Å². The van der Waals surface area contributed by atoms with Crippen molar-refractivity contribution in [2.24, 2.45) is 0 Å². The van der Waals surface area contributed by atoms with Gasteiger partial charge in [0.25, 0.3) is 5.91 Å². The van der Waals surface area contributed by atoms with Crippen LogP contribution in [0.5, 0.6) is 11.5 Å². The molecule has 1 fully saturated rings. The maximum Gasteiger partial charge on any atom is 0.252 e. The summed E-state index contributed by atoms with van der Waals surface area (Å²) in [6.07, 6.45) is 4.26. The van der Waals surface area contributed by atoms with Crippen LogP contribution < -0.4 is 14.8 Å². The summed E-state index contributed by atoms with van der Waals surface area (Å²) in [5.74, 6) is 1.03. The largest absolute Gasteiger partial charge is 0.454 e. The van der Waals surface area contributed by atoms with Crippen molar-refractivity contribution in [2.75, 3.05) is 6.79 Å². The van der Waals surface area contributed by atoms with Crippen molar-refractivity contribution in [3.8, 4) is 11.5 Å². The van der Waals surface area contributed by atoms with Crippen LogP contribution in [0.3, 0.4) is 0 Å². The Bertz CT molecular complexity index is 953. The molecule has 4 rings (SSSR count). The minimum Gasteiger partial charge on any atom is -0.454 e. The maximum absolute atomic E-state index is 13.6. The lowest BCUT2D eigenvalue weighted by Crippen LogP contribution is -2.55. The van der Waals surface area contributed by atoms with Gasteiger partial charge in [0, 0.05) is 16.7 Å². The second-order valence-corrected chi connectivity index (χ2v) is 8.27. The zero-order valence-corrected chi connectivity index (χ0v) is 17.3. The van der Waals surface area contributed by atoms with E-state index in [0.29, 0.717) is 35.5 Å². The third-order valence-corrected chi connectivity index (χ3v) is 6.01. The Kier molecular flexibility index (Phi) is 5.07. The van der Waals surface area contributed by atoms with Gasteiger partial charge in [-0.2, -0.15) is 0 Å². The molecule has 0 aromatic heterocycles. The third kappa shape index (κ3) is 3.61. The number of hydrogen-bond donors (Lipinski definition) is 1. The molecule has 5 nitrogen and oxygen atoms in total. The summed E-state index contributed by atoms with van der Waals surface area (Å²) in [5, 5.41) is 3.13. The molecule has 1 saturated carbocycles. The Hall–Kier alpha value is -2.82. The maximum atomic E-state index is 13.6. The highest BCUT2D eigenvalue weighted by atomic mass is 16.7. The van der Waals surface area contributed by atoms with Gasteiger partial charge in [-0.1, -0.05) is 36.5 Å². The molecule has 0 bridgehead atoms. The molecule has 1 aliphatic carbocycles. The van der Waals surface area contributed by atoms with Gasteiger partial charge < -0.3 is 14.8 Å². The van der Waals surface area contributed by atoms with Crippen LogP contribution in [0.4, 0.5) is 0 Å². The Morgan fingerprint density at radius 2 is 1.62 bits per heavy atom. The number of hydrogen-bond acceptors (Lipinski definition) is 4.